The predicted octanol–water partition coefficient (Wildman–Crippen LogP) is 2.59. The average molecular weight is 284 g/mol. The fourth-order valence-corrected chi connectivity index (χ4v) is 1.99. The Hall–Kier alpha value is -1.55. The van der Waals surface area contributed by atoms with Crippen molar-refractivity contribution in [3.63, 3.8) is 0 Å². The van der Waals surface area contributed by atoms with E-state index in [1.54, 1.807) is 24.3 Å². The molecular weight excluding hydrogens is 266 g/mol. The van der Waals surface area contributed by atoms with Crippen LogP contribution in [-0.4, -0.2) is 34.5 Å². The van der Waals surface area contributed by atoms with Crippen molar-refractivity contribution in [1.82, 2.24) is 4.90 Å². The number of carboxylic acids is 1. The summed E-state index contributed by atoms with van der Waals surface area (Å²) in [6.07, 6.45) is 0.882. The average Bonchev–Trinajstić information content (AvgIpc) is 2.34. The first-order valence-electron chi connectivity index (χ1n) is 6.19. The van der Waals surface area contributed by atoms with Crippen LogP contribution < -0.4 is 0 Å². The summed E-state index contributed by atoms with van der Waals surface area (Å²) in [7, 11) is 0. The third-order valence-corrected chi connectivity index (χ3v) is 3.23. The molecule has 0 saturated heterocycles. The highest BCUT2D eigenvalue weighted by Crippen LogP contribution is 2.13. The van der Waals surface area contributed by atoms with Crippen molar-refractivity contribution >= 4 is 23.5 Å². The van der Waals surface area contributed by atoms with Gasteiger partial charge in [-0.2, -0.15) is 0 Å². The second-order valence-electron chi connectivity index (χ2n) is 4.48. The van der Waals surface area contributed by atoms with Crippen LogP contribution in [0.1, 0.15) is 25.8 Å². The Kier molecular flexibility index (Phi) is 5.83. The summed E-state index contributed by atoms with van der Waals surface area (Å²) < 4.78 is 0. The predicted molar refractivity (Wildman–Crippen MR) is 74.3 cm³/mol. The minimum atomic E-state index is -1.00. The topological polar surface area (TPSA) is 57.6 Å². The molecule has 0 aliphatic heterocycles. The molecule has 1 N–H and O–H groups in total. The van der Waals surface area contributed by atoms with Gasteiger partial charge in [-0.3, -0.25) is 9.59 Å². The molecular formula is C14H18ClNO3. The van der Waals surface area contributed by atoms with Gasteiger partial charge in [-0.1, -0.05) is 30.7 Å². The zero-order chi connectivity index (χ0) is 14.4. The van der Waals surface area contributed by atoms with Crippen LogP contribution in [0.4, 0.5) is 0 Å². The van der Waals surface area contributed by atoms with Gasteiger partial charge in [-0.05, 0) is 31.0 Å². The van der Waals surface area contributed by atoms with Crippen LogP contribution >= 0.6 is 11.6 Å². The minimum absolute atomic E-state index is 0.0946. The van der Waals surface area contributed by atoms with Crippen LogP contribution in [-0.2, 0) is 16.0 Å². The summed E-state index contributed by atoms with van der Waals surface area (Å²) in [5, 5.41) is 9.44. The summed E-state index contributed by atoms with van der Waals surface area (Å²) in [6, 6.07) is 6.94. The summed E-state index contributed by atoms with van der Waals surface area (Å²) in [5.74, 6) is -1.20. The molecule has 0 aromatic heterocycles. The monoisotopic (exact) mass is 283 g/mol. The van der Waals surface area contributed by atoms with Gasteiger partial charge in [0.2, 0.25) is 5.91 Å². The normalized spacial score (nSPS) is 11.9. The lowest BCUT2D eigenvalue weighted by molar-refractivity contribution is -0.145. The molecule has 0 fully saturated rings. The Morgan fingerprint density at radius 3 is 2.63 bits per heavy atom. The first-order valence-corrected chi connectivity index (χ1v) is 6.57. The van der Waals surface area contributed by atoms with Crippen LogP contribution in [0.3, 0.4) is 0 Å². The van der Waals surface area contributed by atoms with E-state index in [-0.39, 0.29) is 24.9 Å². The molecule has 1 aromatic carbocycles. The number of nitrogens with zero attached hydrogens (tertiary/aromatic N) is 1. The summed E-state index contributed by atoms with van der Waals surface area (Å²) in [6.45, 7) is 3.50. The molecule has 0 heterocycles. The number of carbonyl (C=O) groups is 2. The minimum Gasteiger partial charge on any atom is -0.480 e. The molecule has 1 atom stereocenters. The maximum absolute atomic E-state index is 12.2. The largest absolute Gasteiger partial charge is 0.480 e. The van der Waals surface area contributed by atoms with Gasteiger partial charge >= 0.3 is 5.97 Å². The first kappa shape index (κ1) is 15.5. The van der Waals surface area contributed by atoms with Crippen molar-refractivity contribution in [2.45, 2.75) is 32.7 Å². The number of benzene rings is 1. The molecule has 0 saturated carbocycles. The lowest BCUT2D eigenvalue weighted by Crippen LogP contribution is -2.42. The molecule has 1 amide bonds. The van der Waals surface area contributed by atoms with E-state index in [0.29, 0.717) is 11.4 Å². The highest BCUT2D eigenvalue weighted by Gasteiger charge is 2.21. The van der Waals surface area contributed by atoms with Crippen LogP contribution in [0, 0.1) is 0 Å². The number of rotatable bonds is 6. The zero-order valence-electron chi connectivity index (χ0n) is 11.1. The molecule has 1 unspecified atom stereocenters. The quantitative estimate of drug-likeness (QED) is 0.873. The Bertz CT molecular complexity index is 462. The van der Waals surface area contributed by atoms with Crippen LogP contribution in [0.15, 0.2) is 24.3 Å². The fourth-order valence-electron chi connectivity index (χ4n) is 1.78. The second kappa shape index (κ2) is 7.14. The molecule has 1 rings (SSSR count). The number of carboxylic acid groups (broad SMARTS) is 1. The number of halogens is 1. The molecule has 1 aromatic rings. The van der Waals surface area contributed by atoms with Crippen LogP contribution in [0.25, 0.3) is 0 Å². The Morgan fingerprint density at radius 1 is 1.42 bits per heavy atom. The lowest BCUT2D eigenvalue weighted by atomic mass is 10.1. The van der Waals surface area contributed by atoms with Crippen molar-refractivity contribution in [2.75, 3.05) is 6.54 Å². The number of amides is 1. The van der Waals surface area contributed by atoms with E-state index in [9.17, 15) is 9.59 Å². The standard InChI is InChI=1S/C14H18ClNO3/c1-3-10(2)16(9-14(18)19)13(17)8-11-5-4-6-12(15)7-11/h4-7,10H,3,8-9H2,1-2H3,(H,18,19). The highest BCUT2D eigenvalue weighted by molar-refractivity contribution is 6.30. The summed E-state index contributed by atoms with van der Waals surface area (Å²) in [4.78, 5) is 24.4. The van der Waals surface area contributed by atoms with E-state index in [0.717, 1.165) is 5.56 Å². The zero-order valence-corrected chi connectivity index (χ0v) is 11.9. The van der Waals surface area contributed by atoms with Crippen molar-refractivity contribution in [3.8, 4) is 0 Å². The van der Waals surface area contributed by atoms with Crippen molar-refractivity contribution in [2.24, 2.45) is 0 Å². The Morgan fingerprint density at radius 2 is 2.11 bits per heavy atom. The molecule has 0 spiro atoms. The van der Waals surface area contributed by atoms with E-state index >= 15 is 0 Å². The third kappa shape index (κ3) is 4.91. The first-order chi connectivity index (χ1) is 8.93. The van der Waals surface area contributed by atoms with Gasteiger partial charge < -0.3 is 10.0 Å². The van der Waals surface area contributed by atoms with Crippen molar-refractivity contribution < 1.29 is 14.7 Å². The highest BCUT2D eigenvalue weighted by atomic mass is 35.5. The lowest BCUT2D eigenvalue weighted by Gasteiger charge is -2.27. The van der Waals surface area contributed by atoms with E-state index < -0.39 is 5.97 Å². The number of carbonyl (C=O) groups excluding carboxylic acids is 1. The van der Waals surface area contributed by atoms with Gasteiger partial charge in [0.15, 0.2) is 0 Å². The fraction of sp³-hybridized carbons (Fsp3) is 0.429. The smallest absolute Gasteiger partial charge is 0.323 e. The summed E-state index contributed by atoms with van der Waals surface area (Å²) >= 11 is 5.86. The maximum Gasteiger partial charge on any atom is 0.323 e. The molecule has 104 valence electrons. The molecule has 0 bridgehead atoms. The van der Waals surface area contributed by atoms with E-state index in [4.69, 9.17) is 16.7 Å². The Balaban J connectivity index is 2.79. The molecule has 19 heavy (non-hydrogen) atoms. The molecule has 0 aliphatic carbocycles. The van der Waals surface area contributed by atoms with Crippen LogP contribution in [0.5, 0.6) is 0 Å². The molecule has 4 nitrogen and oxygen atoms in total. The number of hydrogen-bond donors (Lipinski definition) is 1. The van der Waals surface area contributed by atoms with Gasteiger partial charge in [0.1, 0.15) is 6.54 Å². The van der Waals surface area contributed by atoms with Gasteiger partial charge in [0.25, 0.3) is 0 Å². The van der Waals surface area contributed by atoms with Gasteiger partial charge in [-0.25, -0.2) is 0 Å². The van der Waals surface area contributed by atoms with Crippen molar-refractivity contribution in [1.29, 1.82) is 0 Å². The third-order valence-electron chi connectivity index (χ3n) is 2.99. The Labute approximate surface area is 118 Å². The van der Waals surface area contributed by atoms with E-state index in [1.807, 2.05) is 13.8 Å². The molecule has 0 radical (unpaired) electrons. The molecule has 5 heteroatoms. The second-order valence-corrected chi connectivity index (χ2v) is 4.92. The van der Waals surface area contributed by atoms with Gasteiger partial charge in [0, 0.05) is 11.1 Å². The SMILES string of the molecule is CCC(C)N(CC(=O)O)C(=O)Cc1cccc(Cl)c1. The van der Waals surface area contributed by atoms with Crippen LogP contribution in [0.2, 0.25) is 5.02 Å². The van der Waals surface area contributed by atoms with Crippen molar-refractivity contribution in [3.05, 3.63) is 34.9 Å². The van der Waals surface area contributed by atoms with E-state index in [2.05, 4.69) is 0 Å². The maximum atomic E-state index is 12.2. The number of aliphatic carboxylic acids is 1. The molecule has 0 aliphatic rings. The number of hydrogen-bond acceptors (Lipinski definition) is 2. The summed E-state index contributed by atoms with van der Waals surface area (Å²) in [5.41, 5.74) is 0.788. The van der Waals surface area contributed by atoms with Gasteiger partial charge in [0.05, 0.1) is 6.42 Å². The van der Waals surface area contributed by atoms with E-state index in [1.165, 1.54) is 4.90 Å². The van der Waals surface area contributed by atoms with Gasteiger partial charge in [-0.15, -0.1) is 0 Å².